The standard InChI is InChI=1S/C18H16F3NO/c1-12-6-8-14(9-7-12)17(23)10-13(2)22-16-5-3-4-15(11-16)18(19,20)21/h3-11,22H,1-2H3. The van der Waals surface area contributed by atoms with Gasteiger partial charge in [0.15, 0.2) is 5.78 Å². The summed E-state index contributed by atoms with van der Waals surface area (Å²) in [5.41, 5.74) is 1.59. The zero-order valence-corrected chi connectivity index (χ0v) is 12.7. The van der Waals surface area contributed by atoms with Crippen LogP contribution < -0.4 is 5.32 Å². The smallest absolute Gasteiger partial charge is 0.359 e. The number of rotatable bonds is 4. The van der Waals surface area contributed by atoms with E-state index in [1.54, 1.807) is 19.1 Å². The number of nitrogens with one attached hydrogen (secondary N) is 1. The minimum Gasteiger partial charge on any atom is -0.359 e. The molecule has 0 unspecified atom stereocenters. The van der Waals surface area contributed by atoms with Crippen LogP contribution in [0.4, 0.5) is 18.9 Å². The number of hydrogen-bond acceptors (Lipinski definition) is 2. The van der Waals surface area contributed by atoms with E-state index in [1.807, 2.05) is 19.1 Å². The summed E-state index contributed by atoms with van der Waals surface area (Å²) in [4.78, 5) is 12.1. The van der Waals surface area contributed by atoms with Crippen molar-refractivity contribution < 1.29 is 18.0 Å². The van der Waals surface area contributed by atoms with Crippen molar-refractivity contribution in [3.63, 3.8) is 0 Å². The number of alkyl halides is 3. The van der Waals surface area contributed by atoms with Crippen LogP contribution in [0.15, 0.2) is 60.3 Å². The monoisotopic (exact) mass is 319 g/mol. The van der Waals surface area contributed by atoms with E-state index in [0.717, 1.165) is 17.7 Å². The zero-order chi connectivity index (χ0) is 17.0. The summed E-state index contributed by atoms with van der Waals surface area (Å²) in [6.45, 7) is 3.55. The molecule has 120 valence electrons. The SMILES string of the molecule is CC(=CC(=O)c1ccc(C)cc1)Nc1cccc(C(F)(F)F)c1. The lowest BCUT2D eigenvalue weighted by molar-refractivity contribution is -0.137. The van der Waals surface area contributed by atoms with Crippen LogP contribution in [0.1, 0.15) is 28.4 Å². The maximum absolute atomic E-state index is 12.7. The first-order valence-corrected chi connectivity index (χ1v) is 6.99. The van der Waals surface area contributed by atoms with Gasteiger partial charge in [-0.1, -0.05) is 35.9 Å². The van der Waals surface area contributed by atoms with Crippen LogP contribution in [0, 0.1) is 6.92 Å². The van der Waals surface area contributed by atoms with Crippen molar-refractivity contribution >= 4 is 11.5 Å². The Morgan fingerprint density at radius 2 is 1.74 bits per heavy atom. The minimum atomic E-state index is -4.40. The number of halogens is 3. The number of anilines is 1. The van der Waals surface area contributed by atoms with E-state index in [-0.39, 0.29) is 11.5 Å². The summed E-state index contributed by atoms with van der Waals surface area (Å²) >= 11 is 0. The molecule has 2 nitrogen and oxygen atoms in total. The average Bonchev–Trinajstić information content (AvgIpc) is 2.47. The number of benzene rings is 2. The molecule has 0 bridgehead atoms. The first-order valence-electron chi connectivity index (χ1n) is 6.99. The van der Waals surface area contributed by atoms with Gasteiger partial charge in [-0.15, -0.1) is 0 Å². The number of ketones is 1. The number of aryl methyl sites for hydroxylation is 1. The van der Waals surface area contributed by atoms with E-state index in [9.17, 15) is 18.0 Å². The molecule has 5 heteroatoms. The fourth-order valence-corrected chi connectivity index (χ4v) is 2.03. The lowest BCUT2D eigenvalue weighted by atomic mass is 10.1. The molecule has 0 aliphatic heterocycles. The van der Waals surface area contributed by atoms with Crippen LogP contribution in [-0.4, -0.2) is 5.78 Å². The highest BCUT2D eigenvalue weighted by Gasteiger charge is 2.30. The summed E-state index contributed by atoms with van der Waals surface area (Å²) in [5, 5.41) is 2.81. The van der Waals surface area contributed by atoms with Gasteiger partial charge < -0.3 is 5.32 Å². The largest absolute Gasteiger partial charge is 0.416 e. The van der Waals surface area contributed by atoms with Crippen molar-refractivity contribution in [3.8, 4) is 0 Å². The third kappa shape index (κ3) is 4.71. The molecular formula is C18H16F3NO. The lowest BCUT2D eigenvalue weighted by Crippen LogP contribution is -2.06. The Morgan fingerprint density at radius 1 is 1.09 bits per heavy atom. The van der Waals surface area contributed by atoms with Crippen LogP contribution in [0.5, 0.6) is 0 Å². The van der Waals surface area contributed by atoms with Gasteiger partial charge in [0, 0.05) is 23.0 Å². The molecule has 2 rings (SSSR count). The first-order chi connectivity index (χ1) is 10.8. The zero-order valence-electron chi connectivity index (χ0n) is 12.7. The maximum Gasteiger partial charge on any atom is 0.416 e. The number of hydrogen-bond donors (Lipinski definition) is 1. The Balaban J connectivity index is 2.13. The molecule has 23 heavy (non-hydrogen) atoms. The van der Waals surface area contributed by atoms with E-state index in [4.69, 9.17) is 0 Å². The summed E-state index contributed by atoms with van der Waals surface area (Å²) < 4.78 is 38.0. The van der Waals surface area contributed by atoms with Gasteiger partial charge in [-0.2, -0.15) is 13.2 Å². The Kier molecular flexibility index (Phi) is 4.89. The van der Waals surface area contributed by atoms with E-state index in [1.165, 1.54) is 18.2 Å². The molecule has 0 saturated heterocycles. The van der Waals surface area contributed by atoms with Crippen molar-refractivity contribution in [1.82, 2.24) is 0 Å². The van der Waals surface area contributed by atoms with Crippen LogP contribution in [0.25, 0.3) is 0 Å². The van der Waals surface area contributed by atoms with Gasteiger partial charge in [0.25, 0.3) is 0 Å². The van der Waals surface area contributed by atoms with Gasteiger partial charge in [-0.3, -0.25) is 4.79 Å². The van der Waals surface area contributed by atoms with E-state index in [2.05, 4.69) is 5.32 Å². The van der Waals surface area contributed by atoms with Gasteiger partial charge >= 0.3 is 6.18 Å². The molecule has 0 radical (unpaired) electrons. The van der Waals surface area contributed by atoms with Crippen molar-refractivity contribution in [2.24, 2.45) is 0 Å². The first kappa shape index (κ1) is 16.8. The van der Waals surface area contributed by atoms with Crippen LogP contribution >= 0.6 is 0 Å². The van der Waals surface area contributed by atoms with Gasteiger partial charge in [-0.25, -0.2) is 0 Å². The Labute approximate surface area is 132 Å². The minimum absolute atomic E-state index is 0.207. The number of carbonyl (C=O) groups is 1. The molecule has 0 atom stereocenters. The Bertz CT molecular complexity index is 731. The molecule has 0 amide bonds. The van der Waals surface area contributed by atoms with E-state index >= 15 is 0 Å². The third-order valence-electron chi connectivity index (χ3n) is 3.22. The predicted octanol–water partition coefficient (Wildman–Crippen LogP) is 5.21. The maximum atomic E-state index is 12.7. The third-order valence-corrected chi connectivity index (χ3v) is 3.22. The molecular weight excluding hydrogens is 303 g/mol. The highest BCUT2D eigenvalue weighted by molar-refractivity contribution is 6.05. The topological polar surface area (TPSA) is 29.1 Å². The summed E-state index contributed by atoms with van der Waals surface area (Å²) in [5.74, 6) is -0.207. The summed E-state index contributed by atoms with van der Waals surface area (Å²) in [7, 11) is 0. The summed E-state index contributed by atoms with van der Waals surface area (Å²) in [6.07, 6.45) is -3.03. The fourth-order valence-electron chi connectivity index (χ4n) is 2.03. The number of allylic oxidation sites excluding steroid dienone is 2. The quantitative estimate of drug-likeness (QED) is 0.619. The highest BCUT2D eigenvalue weighted by atomic mass is 19.4. The summed E-state index contributed by atoms with van der Waals surface area (Å²) in [6, 6.07) is 11.9. The van der Waals surface area contributed by atoms with E-state index < -0.39 is 11.7 Å². The normalized spacial score (nSPS) is 12.1. The van der Waals surface area contributed by atoms with Crippen LogP contribution in [0.3, 0.4) is 0 Å². The average molecular weight is 319 g/mol. The van der Waals surface area contributed by atoms with E-state index in [0.29, 0.717) is 11.3 Å². The number of carbonyl (C=O) groups excluding carboxylic acids is 1. The molecule has 0 fully saturated rings. The van der Waals surface area contributed by atoms with Crippen LogP contribution in [0.2, 0.25) is 0 Å². The van der Waals surface area contributed by atoms with Gasteiger partial charge in [0.1, 0.15) is 0 Å². The Morgan fingerprint density at radius 3 is 2.35 bits per heavy atom. The Hall–Kier alpha value is -2.56. The second-order valence-corrected chi connectivity index (χ2v) is 5.26. The molecule has 1 N–H and O–H groups in total. The lowest BCUT2D eigenvalue weighted by Gasteiger charge is -2.10. The van der Waals surface area contributed by atoms with Crippen LogP contribution in [-0.2, 0) is 6.18 Å². The molecule has 0 aliphatic rings. The van der Waals surface area contributed by atoms with Crippen molar-refractivity contribution in [3.05, 3.63) is 77.0 Å². The second-order valence-electron chi connectivity index (χ2n) is 5.26. The molecule has 0 spiro atoms. The van der Waals surface area contributed by atoms with Gasteiger partial charge in [0.2, 0.25) is 0 Å². The van der Waals surface area contributed by atoms with Crippen molar-refractivity contribution in [1.29, 1.82) is 0 Å². The second kappa shape index (κ2) is 6.69. The van der Waals surface area contributed by atoms with Crippen molar-refractivity contribution in [2.45, 2.75) is 20.0 Å². The fraction of sp³-hybridized carbons (Fsp3) is 0.167. The van der Waals surface area contributed by atoms with Gasteiger partial charge in [0.05, 0.1) is 5.56 Å². The molecule has 2 aromatic rings. The molecule has 2 aromatic carbocycles. The van der Waals surface area contributed by atoms with Gasteiger partial charge in [-0.05, 0) is 32.0 Å². The molecule has 0 saturated carbocycles. The molecule has 0 aliphatic carbocycles. The molecule has 0 heterocycles. The predicted molar refractivity (Wildman–Crippen MR) is 84.3 cm³/mol. The van der Waals surface area contributed by atoms with Crippen molar-refractivity contribution in [2.75, 3.05) is 5.32 Å². The molecule has 0 aromatic heterocycles. The highest BCUT2D eigenvalue weighted by Crippen LogP contribution is 2.30.